The van der Waals surface area contributed by atoms with Gasteiger partial charge in [0.05, 0.1) is 12.7 Å². The fourth-order valence-electron chi connectivity index (χ4n) is 2.18. The number of rotatable bonds is 3. The molecular formula is C13H18N2O3. The zero-order valence-electron chi connectivity index (χ0n) is 10.4. The zero-order chi connectivity index (χ0) is 13.1. The van der Waals surface area contributed by atoms with Crippen molar-refractivity contribution in [1.82, 2.24) is 4.90 Å². The predicted octanol–water partition coefficient (Wildman–Crippen LogP) is 0.732. The van der Waals surface area contributed by atoms with E-state index in [9.17, 15) is 4.79 Å². The van der Waals surface area contributed by atoms with Gasteiger partial charge in [-0.3, -0.25) is 4.79 Å². The maximum atomic E-state index is 12.3. The Morgan fingerprint density at radius 2 is 2.39 bits per heavy atom. The van der Waals surface area contributed by atoms with E-state index >= 15 is 0 Å². The van der Waals surface area contributed by atoms with Crippen molar-refractivity contribution in [1.29, 1.82) is 0 Å². The molecule has 1 aliphatic heterocycles. The summed E-state index contributed by atoms with van der Waals surface area (Å²) in [6, 6.07) is 5.06. The van der Waals surface area contributed by atoms with Gasteiger partial charge in [0.1, 0.15) is 5.75 Å². The molecular weight excluding hydrogens is 232 g/mol. The van der Waals surface area contributed by atoms with E-state index in [1.54, 1.807) is 30.2 Å². The molecule has 0 radical (unpaired) electrons. The van der Waals surface area contributed by atoms with E-state index in [4.69, 9.17) is 15.6 Å². The lowest BCUT2D eigenvalue weighted by Gasteiger charge is -2.17. The SMILES string of the molecule is COc1ccc(N)c(C(=O)N2CCC(CO)C2)c1. The summed E-state index contributed by atoms with van der Waals surface area (Å²) < 4.78 is 5.10. The molecule has 1 unspecified atom stereocenters. The third-order valence-corrected chi connectivity index (χ3v) is 3.32. The summed E-state index contributed by atoms with van der Waals surface area (Å²) in [7, 11) is 1.55. The molecule has 1 saturated heterocycles. The number of aliphatic hydroxyl groups excluding tert-OH is 1. The Balaban J connectivity index is 2.18. The van der Waals surface area contributed by atoms with Gasteiger partial charge < -0.3 is 20.5 Å². The zero-order valence-corrected chi connectivity index (χ0v) is 10.4. The Hall–Kier alpha value is -1.75. The number of nitrogens with zero attached hydrogens (tertiary/aromatic N) is 1. The van der Waals surface area contributed by atoms with E-state index in [0.29, 0.717) is 30.1 Å². The molecule has 0 bridgehead atoms. The Kier molecular flexibility index (Phi) is 3.72. The molecule has 1 fully saturated rings. The molecule has 1 heterocycles. The molecule has 5 heteroatoms. The molecule has 0 aromatic heterocycles. The van der Waals surface area contributed by atoms with E-state index in [0.717, 1.165) is 6.42 Å². The van der Waals surface area contributed by atoms with Gasteiger partial charge in [0.2, 0.25) is 0 Å². The van der Waals surface area contributed by atoms with E-state index in [-0.39, 0.29) is 18.4 Å². The number of nitrogens with two attached hydrogens (primary N) is 1. The number of carbonyl (C=O) groups excluding carboxylic acids is 1. The largest absolute Gasteiger partial charge is 0.497 e. The molecule has 0 saturated carbocycles. The highest BCUT2D eigenvalue weighted by Gasteiger charge is 2.27. The summed E-state index contributed by atoms with van der Waals surface area (Å²) in [4.78, 5) is 14.0. The molecule has 1 aliphatic rings. The number of nitrogen functional groups attached to an aromatic ring is 1. The van der Waals surface area contributed by atoms with Gasteiger partial charge in [-0.1, -0.05) is 0 Å². The van der Waals surface area contributed by atoms with Crippen LogP contribution in [0.15, 0.2) is 18.2 Å². The van der Waals surface area contributed by atoms with Crippen molar-refractivity contribution in [2.24, 2.45) is 5.92 Å². The minimum atomic E-state index is -0.0950. The van der Waals surface area contributed by atoms with Crippen LogP contribution in [0.4, 0.5) is 5.69 Å². The number of anilines is 1. The van der Waals surface area contributed by atoms with Crippen molar-refractivity contribution >= 4 is 11.6 Å². The van der Waals surface area contributed by atoms with Gasteiger partial charge in [-0.15, -0.1) is 0 Å². The smallest absolute Gasteiger partial charge is 0.256 e. The molecule has 1 amide bonds. The third-order valence-electron chi connectivity index (χ3n) is 3.32. The summed E-state index contributed by atoms with van der Waals surface area (Å²) in [5.41, 5.74) is 6.75. The summed E-state index contributed by atoms with van der Waals surface area (Å²) in [6.07, 6.45) is 0.839. The van der Waals surface area contributed by atoms with Gasteiger partial charge in [-0.2, -0.15) is 0 Å². The lowest BCUT2D eigenvalue weighted by atomic mass is 10.1. The van der Waals surface area contributed by atoms with Crippen molar-refractivity contribution < 1.29 is 14.6 Å². The number of aliphatic hydroxyl groups is 1. The van der Waals surface area contributed by atoms with Crippen LogP contribution in [0.1, 0.15) is 16.8 Å². The second kappa shape index (κ2) is 5.27. The van der Waals surface area contributed by atoms with Crippen LogP contribution in [0.5, 0.6) is 5.75 Å². The van der Waals surface area contributed by atoms with E-state index in [1.165, 1.54) is 0 Å². The molecule has 1 aromatic rings. The number of carbonyl (C=O) groups is 1. The van der Waals surface area contributed by atoms with E-state index < -0.39 is 0 Å². The first-order valence-electron chi connectivity index (χ1n) is 5.99. The van der Waals surface area contributed by atoms with Crippen LogP contribution in [-0.2, 0) is 0 Å². The van der Waals surface area contributed by atoms with Crippen molar-refractivity contribution in [2.45, 2.75) is 6.42 Å². The highest BCUT2D eigenvalue weighted by atomic mass is 16.5. The quantitative estimate of drug-likeness (QED) is 0.775. The molecule has 1 atom stereocenters. The predicted molar refractivity (Wildman–Crippen MR) is 68.5 cm³/mol. The van der Waals surface area contributed by atoms with E-state index in [1.807, 2.05) is 0 Å². The lowest BCUT2D eigenvalue weighted by Crippen LogP contribution is -2.29. The standard InChI is InChI=1S/C13H18N2O3/c1-18-10-2-3-12(14)11(6-10)13(17)15-5-4-9(7-15)8-16/h2-3,6,9,16H,4-5,7-8,14H2,1H3. The number of methoxy groups -OCH3 is 1. The number of likely N-dealkylation sites (tertiary alicyclic amines) is 1. The Labute approximate surface area is 106 Å². The second-order valence-electron chi connectivity index (χ2n) is 4.54. The maximum absolute atomic E-state index is 12.3. The van der Waals surface area contributed by atoms with Crippen LogP contribution in [0.3, 0.4) is 0 Å². The van der Waals surface area contributed by atoms with Crippen LogP contribution < -0.4 is 10.5 Å². The number of benzene rings is 1. The molecule has 0 spiro atoms. The van der Waals surface area contributed by atoms with Gasteiger partial charge in [0.25, 0.3) is 5.91 Å². The van der Waals surface area contributed by atoms with Crippen LogP contribution in [0.2, 0.25) is 0 Å². The van der Waals surface area contributed by atoms with Crippen LogP contribution in [-0.4, -0.2) is 42.7 Å². The highest BCUT2D eigenvalue weighted by molar-refractivity contribution is 5.99. The Morgan fingerprint density at radius 3 is 3.00 bits per heavy atom. The summed E-state index contributed by atoms with van der Waals surface area (Å²) in [5.74, 6) is 0.702. The topological polar surface area (TPSA) is 75.8 Å². The number of hydrogen-bond acceptors (Lipinski definition) is 4. The molecule has 3 N–H and O–H groups in total. The van der Waals surface area contributed by atoms with Crippen LogP contribution in [0, 0.1) is 5.92 Å². The monoisotopic (exact) mass is 250 g/mol. The van der Waals surface area contributed by atoms with Crippen molar-refractivity contribution in [2.75, 3.05) is 32.5 Å². The first-order valence-corrected chi connectivity index (χ1v) is 5.99. The first kappa shape index (κ1) is 12.7. The van der Waals surface area contributed by atoms with Crippen molar-refractivity contribution in [3.05, 3.63) is 23.8 Å². The van der Waals surface area contributed by atoms with E-state index in [2.05, 4.69) is 0 Å². The second-order valence-corrected chi connectivity index (χ2v) is 4.54. The minimum Gasteiger partial charge on any atom is -0.497 e. The third kappa shape index (κ3) is 2.41. The summed E-state index contributed by atoms with van der Waals surface area (Å²) in [6.45, 7) is 1.38. The van der Waals surface area contributed by atoms with Crippen molar-refractivity contribution in [3.8, 4) is 5.75 Å². The van der Waals surface area contributed by atoms with Gasteiger partial charge in [-0.05, 0) is 24.6 Å². The average molecular weight is 250 g/mol. The van der Waals surface area contributed by atoms with Crippen LogP contribution >= 0.6 is 0 Å². The molecule has 0 aliphatic carbocycles. The number of ether oxygens (including phenoxy) is 1. The summed E-state index contributed by atoms with van der Waals surface area (Å²) >= 11 is 0. The normalized spacial score (nSPS) is 19.0. The first-order chi connectivity index (χ1) is 8.65. The van der Waals surface area contributed by atoms with Crippen LogP contribution in [0.25, 0.3) is 0 Å². The fourth-order valence-corrected chi connectivity index (χ4v) is 2.18. The van der Waals surface area contributed by atoms with Crippen molar-refractivity contribution in [3.63, 3.8) is 0 Å². The Morgan fingerprint density at radius 1 is 1.61 bits per heavy atom. The van der Waals surface area contributed by atoms with Gasteiger partial charge in [-0.25, -0.2) is 0 Å². The summed E-state index contributed by atoms with van der Waals surface area (Å²) in [5, 5.41) is 9.09. The molecule has 5 nitrogen and oxygen atoms in total. The minimum absolute atomic E-state index is 0.0950. The average Bonchev–Trinajstić information content (AvgIpc) is 2.87. The highest BCUT2D eigenvalue weighted by Crippen LogP contribution is 2.24. The fraction of sp³-hybridized carbons (Fsp3) is 0.462. The number of amides is 1. The molecule has 98 valence electrons. The van der Waals surface area contributed by atoms with Gasteiger partial charge >= 0.3 is 0 Å². The maximum Gasteiger partial charge on any atom is 0.256 e. The molecule has 18 heavy (non-hydrogen) atoms. The van der Waals surface area contributed by atoms with Gasteiger partial charge in [0.15, 0.2) is 0 Å². The number of hydrogen-bond donors (Lipinski definition) is 2. The van der Waals surface area contributed by atoms with Gasteiger partial charge in [0, 0.05) is 31.3 Å². The Bertz CT molecular complexity index is 448. The molecule has 1 aromatic carbocycles. The lowest BCUT2D eigenvalue weighted by molar-refractivity contribution is 0.0782. The molecule has 2 rings (SSSR count).